The van der Waals surface area contributed by atoms with E-state index in [2.05, 4.69) is 49.2 Å². The summed E-state index contributed by atoms with van der Waals surface area (Å²) in [6.45, 7) is 6.41. The molecule has 34 heavy (non-hydrogen) atoms. The zero-order chi connectivity index (χ0) is 23.8. The van der Waals surface area contributed by atoms with Gasteiger partial charge in [0.15, 0.2) is 5.82 Å². The van der Waals surface area contributed by atoms with Crippen molar-refractivity contribution in [2.75, 3.05) is 26.8 Å². The van der Waals surface area contributed by atoms with Crippen molar-refractivity contribution in [1.29, 1.82) is 0 Å². The highest BCUT2D eigenvalue weighted by atomic mass is 16.5. The van der Waals surface area contributed by atoms with E-state index in [-0.39, 0.29) is 11.9 Å². The Hall–Kier alpha value is -3.23. The number of nitrogens with one attached hydrogen (secondary N) is 1. The standard InChI is InChI=1S/C26H33N5O3/c1-20(27-25(32)13-17-33-2)26-29-28-24-12-14-30(15-16-31(24)26)18-21-8-10-23(11-9-21)34-19-22-6-4-3-5-7-22/h3-11,20H,12-19H2,1-2H3,(H,27,32). The van der Waals surface area contributed by atoms with E-state index in [0.717, 1.165) is 55.6 Å². The summed E-state index contributed by atoms with van der Waals surface area (Å²) in [4.78, 5) is 14.5. The summed E-state index contributed by atoms with van der Waals surface area (Å²) >= 11 is 0. The molecule has 8 heteroatoms. The third-order valence-corrected chi connectivity index (χ3v) is 6.02. The summed E-state index contributed by atoms with van der Waals surface area (Å²) in [6.07, 6.45) is 1.17. The third kappa shape index (κ3) is 6.42. The molecule has 1 aromatic heterocycles. The van der Waals surface area contributed by atoms with Gasteiger partial charge >= 0.3 is 0 Å². The van der Waals surface area contributed by atoms with Crippen LogP contribution in [0.2, 0.25) is 0 Å². The van der Waals surface area contributed by atoms with Gasteiger partial charge in [-0.05, 0) is 30.2 Å². The minimum atomic E-state index is -0.194. The Morgan fingerprint density at radius 1 is 1.03 bits per heavy atom. The molecule has 1 atom stereocenters. The van der Waals surface area contributed by atoms with E-state index in [0.29, 0.717) is 19.6 Å². The Morgan fingerprint density at radius 2 is 1.82 bits per heavy atom. The van der Waals surface area contributed by atoms with Gasteiger partial charge in [0.1, 0.15) is 18.2 Å². The number of ether oxygens (including phenoxy) is 2. The van der Waals surface area contributed by atoms with Crippen LogP contribution in [0.5, 0.6) is 5.75 Å². The molecule has 0 radical (unpaired) electrons. The van der Waals surface area contributed by atoms with Gasteiger partial charge in [-0.15, -0.1) is 10.2 Å². The first kappa shape index (κ1) is 23.9. The van der Waals surface area contributed by atoms with E-state index in [1.165, 1.54) is 5.56 Å². The molecule has 2 heterocycles. The Morgan fingerprint density at radius 3 is 2.59 bits per heavy atom. The number of hydrogen-bond donors (Lipinski definition) is 1. The van der Waals surface area contributed by atoms with Gasteiger partial charge < -0.3 is 19.4 Å². The first-order valence-corrected chi connectivity index (χ1v) is 11.8. The molecular weight excluding hydrogens is 430 g/mol. The molecule has 0 bridgehead atoms. The van der Waals surface area contributed by atoms with Crippen LogP contribution in [0.25, 0.3) is 0 Å². The number of rotatable bonds is 10. The number of nitrogens with zero attached hydrogens (tertiary/aromatic N) is 4. The number of carbonyl (C=O) groups excluding carboxylic acids is 1. The molecule has 0 spiro atoms. The maximum Gasteiger partial charge on any atom is 0.222 e. The molecule has 1 unspecified atom stereocenters. The Labute approximate surface area is 200 Å². The second-order valence-electron chi connectivity index (χ2n) is 8.60. The van der Waals surface area contributed by atoms with Gasteiger partial charge in [0.2, 0.25) is 5.91 Å². The summed E-state index contributed by atoms with van der Waals surface area (Å²) < 4.78 is 13.0. The van der Waals surface area contributed by atoms with Crippen LogP contribution in [-0.2, 0) is 35.6 Å². The van der Waals surface area contributed by atoms with Gasteiger partial charge in [-0.25, -0.2) is 0 Å². The molecule has 0 saturated carbocycles. The van der Waals surface area contributed by atoms with Gasteiger partial charge in [0.05, 0.1) is 12.6 Å². The minimum Gasteiger partial charge on any atom is -0.489 e. The van der Waals surface area contributed by atoms with Gasteiger partial charge in [-0.1, -0.05) is 42.5 Å². The monoisotopic (exact) mass is 463 g/mol. The van der Waals surface area contributed by atoms with Crippen LogP contribution in [0, 0.1) is 0 Å². The van der Waals surface area contributed by atoms with Crippen molar-refractivity contribution >= 4 is 5.91 Å². The fourth-order valence-electron chi connectivity index (χ4n) is 4.13. The van der Waals surface area contributed by atoms with Crippen molar-refractivity contribution in [3.63, 3.8) is 0 Å². The molecule has 2 aromatic carbocycles. The number of fused-ring (bicyclic) bond motifs is 1. The molecule has 0 saturated heterocycles. The zero-order valence-corrected chi connectivity index (χ0v) is 19.9. The molecule has 180 valence electrons. The number of benzene rings is 2. The van der Waals surface area contributed by atoms with Crippen LogP contribution in [0.4, 0.5) is 0 Å². The summed E-state index contributed by atoms with van der Waals surface area (Å²) in [5.41, 5.74) is 2.41. The van der Waals surface area contributed by atoms with Crippen LogP contribution in [0.15, 0.2) is 54.6 Å². The molecule has 1 N–H and O–H groups in total. The average Bonchev–Trinajstić information content (AvgIpc) is 3.17. The molecule has 0 aliphatic carbocycles. The SMILES string of the molecule is COCCC(=O)NC(C)c1nnc2n1CCN(Cc1ccc(OCc3ccccc3)cc1)CC2. The number of hydrogen-bond acceptors (Lipinski definition) is 6. The highest BCUT2D eigenvalue weighted by Gasteiger charge is 2.22. The maximum atomic E-state index is 12.1. The number of aromatic nitrogens is 3. The normalized spacial score (nSPS) is 14.8. The van der Waals surface area contributed by atoms with Crippen molar-refractivity contribution in [3.05, 3.63) is 77.4 Å². The Bertz CT molecular complexity index is 1050. The largest absolute Gasteiger partial charge is 0.489 e. The van der Waals surface area contributed by atoms with Crippen LogP contribution in [0.1, 0.15) is 42.2 Å². The van der Waals surface area contributed by atoms with E-state index in [1.807, 2.05) is 37.3 Å². The lowest BCUT2D eigenvalue weighted by molar-refractivity contribution is -0.122. The second kappa shape index (κ2) is 11.8. The number of amides is 1. The molecule has 3 aromatic rings. The highest BCUT2D eigenvalue weighted by Crippen LogP contribution is 2.19. The van der Waals surface area contributed by atoms with Crippen molar-refractivity contribution in [2.45, 2.75) is 45.5 Å². The topological polar surface area (TPSA) is 81.5 Å². The molecule has 1 aliphatic rings. The van der Waals surface area contributed by atoms with E-state index in [1.54, 1.807) is 7.11 Å². The van der Waals surface area contributed by atoms with E-state index >= 15 is 0 Å². The number of carbonyl (C=O) groups is 1. The van der Waals surface area contributed by atoms with Crippen molar-refractivity contribution < 1.29 is 14.3 Å². The van der Waals surface area contributed by atoms with Crippen molar-refractivity contribution in [3.8, 4) is 5.75 Å². The van der Waals surface area contributed by atoms with Crippen molar-refractivity contribution in [2.24, 2.45) is 0 Å². The van der Waals surface area contributed by atoms with Crippen LogP contribution >= 0.6 is 0 Å². The maximum absolute atomic E-state index is 12.1. The summed E-state index contributed by atoms with van der Waals surface area (Å²) in [5, 5.41) is 11.8. The predicted octanol–water partition coefficient (Wildman–Crippen LogP) is 3.13. The summed E-state index contributed by atoms with van der Waals surface area (Å²) in [7, 11) is 1.59. The second-order valence-corrected chi connectivity index (χ2v) is 8.60. The lowest BCUT2D eigenvalue weighted by Crippen LogP contribution is -2.30. The zero-order valence-electron chi connectivity index (χ0n) is 19.9. The van der Waals surface area contributed by atoms with E-state index in [4.69, 9.17) is 9.47 Å². The average molecular weight is 464 g/mol. The predicted molar refractivity (Wildman–Crippen MR) is 129 cm³/mol. The lowest BCUT2D eigenvalue weighted by atomic mass is 10.2. The van der Waals surface area contributed by atoms with Gasteiger partial charge in [-0.3, -0.25) is 9.69 Å². The fraction of sp³-hybridized carbons (Fsp3) is 0.423. The lowest BCUT2D eigenvalue weighted by Gasteiger charge is -2.20. The first-order chi connectivity index (χ1) is 16.6. The smallest absolute Gasteiger partial charge is 0.222 e. The molecule has 1 aliphatic heterocycles. The van der Waals surface area contributed by atoms with Gasteiger partial charge in [-0.2, -0.15) is 0 Å². The van der Waals surface area contributed by atoms with Crippen LogP contribution in [-0.4, -0.2) is 52.4 Å². The van der Waals surface area contributed by atoms with Crippen LogP contribution < -0.4 is 10.1 Å². The molecule has 1 amide bonds. The molecule has 4 rings (SSSR count). The first-order valence-electron chi connectivity index (χ1n) is 11.8. The summed E-state index contributed by atoms with van der Waals surface area (Å²) in [6, 6.07) is 18.3. The quantitative estimate of drug-likeness (QED) is 0.498. The number of methoxy groups -OCH3 is 1. The highest BCUT2D eigenvalue weighted by molar-refractivity contribution is 5.76. The molecule has 0 fully saturated rings. The van der Waals surface area contributed by atoms with E-state index < -0.39 is 0 Å². The molecular formula is C26H33N5O3. The summed E-state index contributed by atoms with van der Waals surface area (Å²) in [5.74, 6) is 2.61. The van der Waals surface area contributed by atoms with E-state index in [9.17, 15) is 4.79 Å². The fourth-order valence-corrected chi connectivity index (χ4v) is 4.13. The Balaban J connectivity index is 1.29. The Kier molecular flexibility index (Phi) is 8.27. The minimum absolute atomic E-state index is 0.0434. The third-order valence-electron chi connectivity index (χ3n) is 6.02. The van der Waals surface area contributed by atoms with Gasteiger partial charge in [0.25, 0.3) is 0 Å². The molecule has 8 nitrogen and oxygen atoms in total. The van der Waals surface area contributed by atoms with Crippen molar-refractivity contribution in [1.82, 2.24) is 25.0 Å². The van der Waals surface area contributed by atoms with Gasteiger partial charge in [0, 0.05) is 46.1 Å². The van der Waals surface area contributed by atoms with Crippen LogP contribution in [0.3, 0.4) is 0 Å².